The van der Waals surface area contributed by atoms with E-state index in [1.165, 1.54) is 10.8 Å². The van der Waals surface area contributed by atoms with Crippen molar-refractivity contribution in [1.82, 2.24) is 0 Å². The quantitative estimate of drug-likeness (QED) is 0.198. The lowest BCUT2D eigenvalue weighted by Crippen LogP contribution is -2.24. The average molecular weight is 319 g/mol. The van der Waals surface area contributed by atoms with Crippen LogP contribution < -0.4 is 0 Å². The van der Waals surface area contributed by atoms with Gasteiger partial charge >= 0.3 is 17.8 Å². The van der Waals surface area contributed by atoms with Crippen LogP contribution >= 0.6 is 0 Å². The van der Waals surface area contributed by atoms with Crippen LogP contribution in [0.4, 0.5) is 4.79 Å². The van der Waals surface area contributed by atoms with Gasteiger partial charge in [0.15, 0.2) is 6.04 Å². The standard InChI is InChI=1S/C14H17N5O4/c1-9(2)19-11(6-10(7-15)8-16)12(22-18-19)17-23-13(20)21-14(3,4)5/h6,9H,1-5H3/b11-6+,17-12-. The van der Waals surface area contributed by atoms with Crippen molar-refractivity contribution in [2.75, 3.05) is 0 Å². The SMILES string of the molecule is CC(C)[N+]1=NOC(=N\OC(=O)OC(C)(C)C)/C1=C\C(=C=[N-])C#N. The molecule has 0 saturated heterocycles. The molecule has 0 radical (unpaired) electrons. The Labute approximate surface area is 133 Å². The van der Waals surface area contributed by atoms with E-state index in [9.17, 15) is 4.79 Å². The second kappa shape index (κ2) is 7.33. The second-order valence-electron chi connectivity index (χ2n) is 5.73. The van der Waals surface area contributed by atoms with Crippen molar-refractivity contribution in [2.24, 2.45) is 10.4 Å². The monoisotopic (exact) mass is 319 g/mol. The lowest BCUT2D eigenvalue weighted by Gasteiger charge is -2.16. The molecule has 0 spiro atoms. The molecule has 0 aromatic heterocycles. The molecule has 0 N–H and O–H groups in total. The van der Waals surface area contributed by atoms with Gasteiger partial charge in [-0.1, -0.05) is 0 Å². The van der Waals surface area contributed by atoms with Gasteiger partial charge in [0.05, 0.1) is 5.57 Å². The molecular weight excluding hydrogens is 302 g/mol. The van der Waals surface area contributed by atoms with Gasteiger partial charge in [0.2, 0.25) is 5.28 Å². The summed E-state index contributed by atoms with van der Waals surface area (Å²) >= 11 is 0. The number of hydrogen-bond acceptors (Lipinski definition) is 7. The number of carbonyl (C=O) groups is 1. The number of oxime groups is 1. The minimum Gasteiger partial charge on any atom is -0.762 e. The highest BCUT2D eigenvalue weighted by atomic mass is 16.8. The first-order chi connectivity index (χ1) is 10.7. The predicted octanol–water partition coefficient (Wildman–Crippen LogP) is 2.64. The molecule has 0 bridgehead atoms. The van der Waals surface area contributed by atoms with Gasteiger partial charge in [-0.25, -0.2) is 4.79 Å². The van der Waals surface area contributed by atoms with Crippen molar-refractivity contribution >= 4 is 17.9 Å². The number of hydrogen-bond donors (Lipinski definition) is 0. The molecule has 0 fully saturated rings. The molecule has 9 heteroatoms. The summed E-state index contributed by atoms with van der Waals surface area (Å²) in [6.45, 7) is 8.66. The van der Waals surface area contributed by atoms with Crippen LogP contribution in [0, 0.1) is 11.3 Å². The number of ether oxygens (including phenoxy) is 1. The Hall–Kier alpha value is -2.98. The third-order valence-electron chi connectivity index (χ3n) is 2.28. The predicted molar refractivity (Wildman–Crippen MR) is 79.2 cm³/mol. The van der Waals surface area contributed by atoms with Crippen LogP contribution in [0.15, 0.2) is 27.8 Å². The van der Waals surface area contributed by atoms with Crippen LogP contribution in [-0.2, 0) is 14.4 Å². The molecule has 0 atom stereocenters. The van der Waals surface area contributed by atoms with Crippen LogP contribution in [0.3, 0.4) is 0 Å². The molecule has 0 saturated carbocycles. The van der Waals surface area contributed by atoms with Crippen molar-refractivity contribution in [1.29, 1.82) is 5.26 Å². The zero-order valence-electron chi connectivity index (χ0n) is 13.5. The van der Waals surface area contributed by atoms with Gasteiger partial charge in [-0.2, -0.15) is 5.26 Å². The fourth-order valence-corrected chi connectivity index (χ4v) is 1.41. The Balaban J connectivity index is 3.03. The molecule has 122 valence electrons. The molecule has 0 aliphatic carbocycles. The van der Waals surface area contributed by atoms with E-state index in [2.05, 4.69) is 15.3 Å². The lowest BCUT2D eigenvalue weighted by atomic mass is 10.2. The van der Waals surface area contributed by atoms with E-state index < -0.39 is 11.8 Å². The van der Waals surface area contributed by atoms with Crippen molar-refractivity contribution in [3.05, 3.63) is 22.8 Å². The minimum atomic E-state index is -1.01. The molecule has 9 nitrogen and oxygen atoms in total. The molecule has 23 heavy (non-hydrogen) atoms. The maximum atomic E-state index is 11.5. The van der Waals surface area contributed by atoms with E-state index in [4.69, 9.17) is 20.2 Å². The van der Waals surface area contributed by atoms with Gasteiger partial charge in [0.1, 0.15) is 11.7 Å². The van der Waals surface area contributed by atoms with Crippen molar-refractivity contribution in [3.63, 3.8) is 0 Å². The van der Waals surface area contributed by atoms with Crippen LogP contribution in [0.5, 0.6) is 0 Å². The lowest BCUT2D eigenvalue weighted by molar-refractivity contribution is -0.577. The van der Waals surface area contributed by atoms with E-state index >= 15 is 0 Å². The van der Waals surface area contributed by atoms with E-state index in [1.54, 1.807) is 32.7 Å². The Morgan fingerprint density at radius 1 is 1.52 bits per heavy atom. The first-order valence-electron chi connectivity index (χ1n) is 6.72. The van der Waals surface area contributed by atoms with Gasteiger partial charge in [0.25, 0.3) is 0 Å². The Morgan fingerprint density at radius 3 is 2.65 bits per heavy atom. The molecule has 1 heterocycles. The summed E-state index contributed by atoms with van der Waals surface area (Å²) < 4.78 is 6.33. The second-order valence-corrected chi connectivity index (χ2v) is 5.73. The summed E-state index contributed by atoms with van der Waals surface area (Å²) in [5.41, 5.74) is -0.679. The molecule has 1 aliphatic rings. The molecule has 0 unspecified atom stereocenters. The molecule has 0 aromatic carbocycles. The molecular formula is C14H17N5O4. The van der Waals surface area contributed by atoms with Crippen LogP contribution in [0.1, 0.15) is 34.6 Å². The largest absolute Gasteiger partial charge is 0.762 e. The zero-order chi connectivity index (χ0) is 17.6. The molecule has 1 rings (SSSR count). The third-order valence-corrected chi connectivity index (χ3v) is 2.28. The van der Waals surface area contributed by atoms with Gasteiger partial charge in [-0.3, -0.25) is 15.5 Å². The Bertz CT molecular complexity index is 670. The normalized spacial score (nSPS) is 17.3. The average Bonchev–Trinajstić information content (AvgIpc) is 2.83. The molecule has 1 aliphatic heterocycles. The summed E-state index contributed by atoms with van der Waals surface area (Å²) in [4.78, 5) is 21.1. The zero-order valence-corrected chi connectivity index (χ0v) is 13.5. The summed E-state index contributed by atoms with van der Waals surface area (Å²) in [5, 5.41) is 25.0. The maximum Gasteiger partial charge on any atom is 0.535 e. The highest BCUT2D eigenvalue weighted by molar-refractivity contribution is 5.93. The van der Waals surface area contributed by atoms with Crippen molar-refractivity contribution < 1.29 is 23.9 Å². The van der Waals surface area contributed by atoms with Crippen LogP contribution in [0.25, 0.3) is 5.41 Å². The topological polar surface area (TPSA) is 119 Å². The van der Waals surface area contributed by atoms with E-state index in [0.717, 1.165) is 0 Å². The fourth-order valence-electron chi connectivity index (χ4n) is 1.41. The number of rotatable bonds is 3. The first kappa shape index (κ1) is 18.1. The van der Waals surface area contributed by atoms with Gasteiger partial charge in [-0.15, -0.1) is 0 Å². The van der Waals surface area contributed by atoms with E-state index in [-0.39, 0.29) is 23.2 Å². The van der Waals surface area contributed by atoms with Crippen molar-refractivity contribution in [3.8, 4) is 6.07 Å². The van der Waals surface area contributed by atoms with Crippen LogP contribution in [0.2, 0.25) is 0 Å². The van der Waals surface area contributed by atoms with Gasteiger partial charge in [-0.05, 0) is 30.6 Å². The maximum absolute atomic E-state index is 11.5. The summed E-state index contributed by atoms with van der Waals surface area (Å²) in [7, 11) is 0. The third kappa shape index (κ3) is 5.37. The van der Waals surface area contributed by atoms with Gasteiger partial charge < -0.3 is 10.1 Å². The van der Waals surface area contributed by atoms with Crippen molar-refractivity contribution in [2.45, 2.75) is 46.3 Å². The molecule has 0 aromatic rings. The minimum absolute atomic E-state index is 0.130. The highest BCUT2D eigenvalue weighted by Gasteiger charge is 2.36. The molecule has 0 amide bonds. The Kier molecular flexibility index (Phi) is 5.76. The number of nitriles is 1. The summed E-state index contributed by atoms with van der Waals surface area (Å²) in [6.07, 6.45) is 0.231. The van der Waals surface area contributed by atoms with Gasteiger partial charge in [0, 0.05) is 19.9 Å². The first-order valence-corrected chi connectivity index (χ1v) is 6.72. The van der Waals surface area contributed by atoms with E-state index in [1.807, 2.05) is 13.8 Å². The number of allylic oxidation sites excluding steroid dienone is 2. The summed E-state index contributed by atoms with van der Waals surface area (Å²) in [6, 6.07) is 1.59. The summed E-state index contributed by atoms with van der Waals surface area (Å²) in [5.74, 6) is 1.56. The fraction of sp³-hybridized carbons (Fsp3) is 0.500. The smallest absolute Gasteiger partial charge is 0.535 e. The highest BCUT2D eigenvalue weighted by Crippen LogP contribution is 2.17. The number of carbonyl (C=O) groups excluding carboxylic acids is 1. The van der Waals surface area contributed by atoms with E-state index in [0.29, 0.717) is 0 Å². The Morgan fingerprint density at radius 2 is 2.17 bits per heavy atom. The van der Waals surface area contributed by atoms with Crippen LogP contribution in [-0.4, -0.2) is 34.3 Å². The number of nitrogens with zero attached hydrogens (tertiary/aromatic N) is 5.